The topological polar surface area (TPSA) is 41.6 Å². The zero-order valence-corrected chi connectivity index (χ0v) is 15.8. The van der Waals surface area contributed by atoms with Crippen LogP contribution in [0.5, 0.6) is 0 Å². The smallest absolute Gasteiger partial charge is 0.255 e. The van der Waals surface area contributed by atoms with Crippen LogP contribution in [0.4, 0.5) is 5.69 Å². The van der Waals surface area contributed by atoms with Gasteiger partial charge in [-0.1, -0.05) is 54.6 Å². The Labute approximate surface area is 165 Å². The third-order valence-corrected chi connectivity index (χ3v) is 4.98. The number of morpholine rings is 1. The van der Waals surface area contributed by atoms with Crippen LogP contribution in [0, 0.1) is 0 Å². The average molecular weight is 372 g/mol. The molecule has 0 unspecified atom stereocenters. The molecule has 142 valence electrons. The van der Waals surface area contributed by atoms with Crippen LogP contribution in [0.25, 0.3) is 11.1 Å². The Morgan fingerprint density at radius 3 is 2.14 bits per heavy atom. The van der Waals surface area contributed by atoms with Crippen molar-refractivity contribution in [1.29, 1.82) is 0 Å². The molecule has 3 aromatic carbocycles. The molecule has 0 saturated carbocycles. The highest BCUT2D eigenvalue weighted by Gasteiger charge is 2.11. The van der Waals surface area contributed by atoms with Crippen LogP contribution in [0.3, 0.4) is 0 Å². The van der Waals surface area contributed by atoms with Gasteiger partial charge in [-0.3, -0.25) is 9.69 Å². The molecule has 0 aromatic heterocycles. The first-order chi connectivity index (χ1) is 13.8. The lowest BCUT2D eigenvalue weighted by atomic mass is 10.0. The van der Waals surface area contributed by atoms with Gasteiger partial charge in [0, 0.05) is 30.9 Å². The fraction of sp³-hybridized carbons (Fsp3) is 0.208. The molecule has 0 atom stereocenters. The molecule has 1 heterocycles. The summed E-state index contributed by atoms with van der Waals surface area (Å²) in [5, 5.41) is 2.98. The second-order valence-corrected chi connectivity index (χ2v) is 6.98. The van der Waals surface area contributed by atoms with Crippen molar-refractivity contribution in [1.82, 2.24) is 4.90 Å². The monoisotopic (exact) mass is 372 g/mol. The molecule has 1 amide bonds. The van der Waals surface area contributed by atoms with E-state index in [1.165, 1.54) is 5.56 Å². The second-order valence-electron chi connectivity index (χ2n) is 6.98. The van der Waals surface area contributed by atoms with Gasteiger partial charge in [0.15, 0.2) is 0 Å². The van der Waals surface area contributed by atoms with Gasteiger partial charge in [-0.2, -0.15) is 0 Å². The molecule has 28 heavy (non-hydrogen) atoms. The summed E-state index contributed by atoms with van der Waals surface area (Å²) in [6.07, 6.45) is 0. The number of hydrogen-bond donors (Lipinski definition) is 1. The fourth-order valence-corrected chi connectivity index (χ4v) is 3.36. The Morgan fingerprint density at radius 2 is 1.46 bits per heavy atom. The summed E-state index contributed by atoms with van der Waals surface area (Å²) in [6, 6.07) is 25.9. The zero-order chi connectivity index (χ0) is 19.2. The molecule has 1 fully saturated rings. The molecule has 1 saturated heterocycles. The fourth-order valence-electron chi connectivity index (χ4n) is 3.36. The first-order valence-electron chi connectivity index (χ1n) is 9.64. The summed E-state index contributed by atoms with van der Waals surface area (Å²) >= 11 is 0. The maximum atomic E-state index is 12.5. The summed E-state index contributed by atoms with van der Waals surface area (Å²) in [5.41, 5.74) is 4.95. The molecule has 3 aromatic rings. The van der Waals surface area contributed by atoms with Crippen LogP contribution in [0.1, 0.15) is 15.9 Å². The van der Waals surface area contributed by atoms with E-state index in [0.717, 1.165) is 49.7 Å². The molecule has 1 aliphatic heterocycles. The third-order valence-electron chi connectivity index (χ3n) is 4.98. The van der Waals surface area contributed by atoms with Gasteiger partial charge in [0.25, 0.3) is 5.91 Å². The number of rotatable bonds is 5. The highest BCUT2D eigenvalue weighted by molar-refractivity contribution is 6.04. The number of carbonyl (C=O) groups excluding carboxylic acids is 1. The predicted octanol–water partition coefficient (Wildman–Crippen LogP) is 4.44. The Morgan fingerprint density at radius 1 is 0.821 bits per heavy atom. The minimum Gasteiger partial charge on any atom is -0.379 e. The molecule has 1 N–H and O–H groups in total. The molecule has 4 rings (SSSR count). The normalized spacial score (nSPS) is 14.6. The first-order valence-corrected chi connectivity index (χ1v) is 9.64. The highest BCUT2D eigenvalue weighted by Crippen LogP contribution is 2.20. The van der Waals surface area contributed by atoms with Crippen molar-refractivity contribution in [3.63, 3.8) is 0 Å². The lowest BCUT2D eigenvalue weighted by Gasteiger charge is -2.26. The summed E-state index contributed by atoms with van der Waals surface area (Å²) < 4.78 is 5.39. The van der Waals surface area contributed by atoms with Gasteiger partial charge in [-0.25, -0.2) is 0 Å². The van der Waals surface area contributed by atoms with E-state index in [1.807, 2.05) is 54.6 Å². The Hall–Kier alpha value is -2.95. The second kappa shape index (κ2) is 8.83. The van der Waals surface area contributed by atoms with Gasteiger partial charge < -0.3 is 10.1 Å². The van der Waals surface area contributed by atoms with E-state index in [1.54, 1.807) is 0 Å². The number of amides is 1. The number of ether oxygens (including phenoxy) is 1. The minimum absolute atomic E-state index is 0.0967. The van der Waals surface area contributed by atoms with E-state index in [4.69, 9.17) is 4.74 Å². The molecular formula is C24H24N2O2. The molecule has 0 bridgehead atoms. The molecule has 0 spiro atoms. The van der Waals surface area contributed by atoms with Crippen molar-refractivity contribution in [2.24, 2.45) is 0 Å². The van der Waals surface area contributed by atoms with Crippen molar-refractivity contribution in [2.75, 3.05) is 31.6 Å². The van der Waals surface area contributed by atoms with Crippen LogP contribution in [0.15, 0.2) is 78.9 Å². The molecule has 0 radical (unpaired) electrons. The van der Waals surface area contributed by atoms with E-state index in [9.17, 15) is 4.79 Å². The Balaban J connectivity index is 1.36. The third kappa shape index (κ3) is 4.66. The standard InChI is InChI=1S/C24H24N2O2/c27-24(22-10-8-21(9-11-22)20-4-2-1-3-5-20)25-23-12-6-19(7-13-23)18-26-14-16-28-17-15-26/h1-13H,14-18H2,(H,25,27). The van der Waals surface area contributed by atoms with Crippen molar-refractivity contribution < 1.29 is 9.53 Å². The van der Waals surface area contributed by atoms with Crippen molar-refractivity contribution in [3.05, 3.63) is 90.0 Å². The average Bonchev–Trinajstić information content (AvgIpc) is 2.76. The van der Waals surface area contributed by atoms with Crippen molar-refractivity contribution in [2.45, 2.75) is 6.54 Å². The number of benzene rings is 3. The van der Waals surface area contributed by atoms with E-state index in [2.05, 4.69) is 34.5 Å². The maximum absolute atomic E-state index is 12.5. The number of nitrogens with one attached hydrogen (secondary N) is 1. The van der Waals surface area contributed by atoms with Gasteiger partial charge in [0.05, 0.1) is 13.2 Å². The van der Waals surface area contributed by atoms with Gasteiger partial charge in [-0.05, 0) is 41.0 Å². The Kier molecular flexibility index (Phi) is 5.80. The first kappa shape index (κ1) is 18.4. The van der Waals surface area contributed by atoms with Crippen molar-refractivity contribution in [3.8, 4) is 11.1 Å². The van der Waals surface area contributed by atoms with Crippen LogP contribution < -0.4 is 5.32 Å². The quantitative estimate of drug-likeness (QED) is 0.720. The van der Waals surface area contributed by atoms with Gasteiger partial charge in [0.1, 0.15) is 0 Å². The van der Waals surface area contributed by atoms with E-state index < -0.39 is 0 Å². The number of nitrogens with zero attached hydrogens (tertiary/aromatic N) is 1. The highest BCUT2D eigenvalue weighted by atomic mass is 16.5. The number of carbonyl (C=O) groups is 1. The van der Waals surface area contributed by atoms with Gasteiger partial charge >= 0.3 is 0 Å². The summed E-state index contributed by atoms with van der Waals surface area (Å²) in [4.78, 5) is 14.9. The molecule has 0 aliphatic carbocycles. The largest absolute Gasteiger partial charge is 0.379 e. The molecule has 4 heteroatoms. The lowest BCUT2D eigenvalue weighted by molar-refractivity contribution is 0.0342. The zero-order valence-electron chi connectivity index (χ0n) is 15.8. The van der Waals surface area contributed by atoms with E-state index >= 15 is 0 Å². The lowest BCUT2D eigenvalue weighted by Crippen LogP contribution is -2.35. The Bertz CT molecular complexity index is 900. The van der Waals surface area contributed by atoms with Gasteiger partial charge in [0.2, 0.25) is 0 Å². The summed E-state index contributed by atoms with van der Waals surface area (Å²) in [6.45, 7) is 4.46. The van der Waals surface area contributed by atoms with E-state index in [-0.39, 0.29) is 5.91 Å². The molecular weight excluding hydrogens is 348 g/mol. The summed E-state index contributed by atoms with van der Waals surface area (Å²) in [7, 11) is 0. The minimum atomic E-state index is -0.0967. The van der Waals surface area contributed by atoms with E-state index in [0.29, 0.717) is 5.56 Å². The number of hydrogen-bond acceptors (Lipinski definition) is 3. The van der Waals surface area contributed by atoms with Crippen LogP contribution in [-0.2, 0) is 11.3 Å². The van der Waals surface area contributed by atoms with Crippen LogP contribution in [0.2, 0.25) is 0 Å². The summed E-state index contributed by atoms with van der Waals surface area (Å²) in [5.74, 6) is -0.0967. The predicted molar refractivity (Wildman–Crippen MR) is 112 cm³/mol. The molecule has 4 nitrogen and oxygen atoms in total. The SMILES string of the molecule is O=C(Nc1ccc(CN2CCOCC2)cc1)c1ccc(-c2ccccc2)cc1. The van der Waals surface area contributed by atoms with Crippen molar-refractivity contribution >= 4 is 11.6 Å². The molecule has 1 aliphatic rings. The van der Waals surface area contributed by atoms with Gasteiger partial charge in [-0.15, -0.1) is 0 Å². The van der Waals surface area contributed by atoms with Crippen LogP contribution >= 0.6 is 0 Å². The maximum Gasteiger partial charge on any atom is 0.255 e. The number of anilines is 1. The van der Waals surface area contributed by atoms with Crippen LogP contribution in [-0.4, -0.2) is 37.1 Å².